The highest BCUT2D eigenvalue weighted by atomic mass is 32.1. The number of nitrogens with one attached hydrogen (secondary N) is 1. The Morgan fingerprint density at radius 1 is 1.19 bits per heavy atom. The highest BCUT2D eigenvalue weighted by molar-refractivity contribution is 7.10. The van der Waals surface area contributed by atoms with Gasteiger partial charge in [-0.05, 0) is 49.5 Å². The molecule has 1 N–H and O–H groups in total. The number of oxazole rings is 1. The van der Waals surface area contributed by atoms with Crippen molar-refractivity contribution in [2.24, 2.45) is 0 Å². The lowest BCUT2D eigenvalue weighted by Gasteiger charge is -2.26. The first-order valence-corrected chi connectivity index (χ1v) is 10.2. The normalized spacial score (nSPS) is 16.0. The number of thiophene rings is 1. The number of para-hydroxylation sites is 2. The van der Waals surface area contributed by atoms with Crippen LogP contribution in [0.3, 0.4) is 0 Å². The van der Waals surface area contributed by atoms with Gasteiger partial charge in [-0.15, -0.1) is 11.3 Å². The lowest BCUT2D eigenvalue weighted by molar-refractivity contribution is -0.121. The van der Waals surface area contributed by atoms with Gasteiger partial charge < -0.3 is 9.73 Å². The second kappa shape index (κ2) is 8.10. The Hall–Kier alpha value is -2.38. The summed E-state index contributed by atoms with van der Waals surface area (Å²) < 4.78 is 6.74. The minimum absolute atomic E-state index is 0.0482. The average Bonchev–Trinajstić information content (AvgIpc) is 3.42. The van der Waals surface area contributed by atoms with Crippen molar-refractivity contribution < 1.29 is 9.21 Å². The average molecular weight is 385 g/mol. The van der Waals surface area contributed by atoms with E-state index < -0.39 is 5.76 Å². The molecule has 142 valence electrons. The molecule has 1 aliphatic heterocycles. The number of likely N-dealkylation sites (tertiary alicyclic amines) is 1. The van der Waals surface area contributed by atoms with Crippen LogP contribution in [0.1, 0.15) is 30.2 Å². The summed E-state index contributed by atoms with van der Waals surface area (Å²) in [7, 11) is 0. The van der Waals surface area contributed by atoms with Crippen LogP contribution in [0.2, 0.25) is 0 Å². The van der Waals surface area contributed by atoms with Gasteiger partial charge in [0, 0.05) is 24.4 Å². The molecule has 0 aliphatic carbocycles. The van der Waals surface area contributed by atoms with Gasteiger partial charge in [-0.3, -0.25) is 14.3 Å². The van der Waals surface area contributed by atoms with Crippen molar-refractivity contribution in [3.8, 4) is 0 Å². The van der Waals surface area contributed by atoms with E-state index in [4.69, 9.17) is 4.42 Å². The minimum Gasteiger partial charge on any atom is -0.408 e. The van der Waals surface area contributed by atoms with E-state index in [0.717, 1.165) is 18.6 Å². The van der Waals surface area contributed by atoms with Crippen LogP contribution in [-0.4, -0.2) is 35.0 Å². The van der Waals surface area contributed by atoms with Crippen molar-refractivity contribution in [1.29, 1.82) is 0 Å². The van der Waals surface area contributed by atoms with Crippen molar-refractivity contribution >= 4 is 28.3 Å². The lowest BCUT2D eigenvalue weighted by atomic mass is 10.2. The van der Waals surface area contributed by atoms with E-state index in [0.29, 0.717) is 18.7 Å². The zero-order valence-electron chi connectivity index (χ0n) is 15.1. The molecule has 1 amide bonds. The minimum atomic E-state index is -0.419. The molecule has 0 saturated carbocycles. The Labute approximate surface area is 161 Å². The summed E-state index contributed by atoms with van der Waals surface area (Å²) in [5, 5.41) is 5.14. The van der Waals surface area contributed by atoms with E-state index in [9.17, 15) is 9.59 Å². The number of hydrogen-bond donors (Lipinski definition) is 1. The fourth-order valence-electron chi connectivity index (χ4n) is 3.68. The molecule has 1 saturated heterocycles. The van der Waals surface area contributed by atoms with E-state index in [1.165, 1.54) is 22.3 Å². The number of aryl methyl sites for hydroxylation is 1. The SMILES string of the molecule is O=C(CCn1c(=O)oc2ccccc21)NC[C@H](c1cccs1)N1CCCC1. The quantitative estimate of drug-likeness (QED) is 0.679. The predicted octanol–water partition coefficient (Wildman–Crippen LogP) is 3.00. The van der Waals surface area contributed by atoms with Gasteiger partial charge in [0.05, 0.1) is 11.6 Å². The smallest absolute Gasteiger partial charge is 0.408 e. The van der Waals surface area contributed by atoms with Crippen molar-refractivity contribution in [2.75, 3.05) is 19.6 Å². The Bertz CT molecular complexity index is 954. The molecular formula is C20H23N3O3S. The monoisotopic (exact) mass is 385 g/mol. The molecule has 0 radical (unpaired) electrons. The van der Waals surface area contributed by atoms with Crippen molar-refractivity contribution in [2.45, 2.75) is 31.8 Å². The second-order valence-corrected chi connectivity index (χ2v) is 7.79. The van der Waals surface area contributed by atoms with Crippen LogP contribution >= 0.6 is 11.3 Å². The van der Waals surface area contributed by atoms with Crippen molar-refractivity contribution in [1.82, 2.24) is 14.8 Å². The molecule has 6 nitrogen and oxygen atoms in total. The topological polar surface area (TPSA) is 67.5 Å². The first kappa shape index (κ1) is 18.0. The van der Waals surface area contributed by atoms with Gasteiger partial charge in [-0.2, -0.15) is 0 Å². The lowest BCUT2D eigenvalue weighted by Crippen LogP contribution is -2.36. The maximum atomic E-state index is 12.4. The first-order chi connectivity index (χ1) is 13.2. The maximum Gasteiger partial charge on any atom is 0.419 e. The Kier molecular flexibility index (Phi) is 5.40. The highest BCUT2D eigenvalue weighted by Gasteiger charge is 2.24. The third kappa shape index (κ3) is 3.99. The molecular weight excluding hydrogens is 362 g/mol. The number of carbonyl (C=O) groups excluding carboxylic acids is 1. The van der Waals surface area contributed by atoms with Crippen molar-refractivity contribution in [3.05, 3.63) is 57.2 Å². The molecule has 1 fully saturated rings. The number of nitrogens with zero attached hydrogens (tertiary/aromatic N) is 2. The number of hydrogen-bond acceptors (Lipinski definition) is 5. The van der Waals surface area contributed by atoms with E-state index in [2.05, 4.69) is 27.7 Å². The van der Waals surface area contributed by atoms with Crippen LogP contribution in [0.4, 0.5) is 0 Å². The largest absolute Gasteiger partial charge is 0.419 e. The Morgan fingerprint density at radius 2 is 2.00 bits per heavy atom. The first-order valence-electron chi connectivity index (χ1n) is 9.35. The van der Waals surface area contributed by atoms with Crippen LogP contribution in [0.25, 0.3) is 11.1 Å². The summed E-state index contributed by atoms with van der Waals surface area (Å²) in [6, 6.07) is 11.7. The van der Waals surface area contributed by atoms with Gasteiger partial charge >= 0.3 is 5.76 Å². The molecule has 1 aliphatic rings. The number of amides is 1. The van der Waals surface area contributed by atoms with Gasteiger partial charge in [0.2, 0.25) is 5.91 Å². The number of carbonyl (C=O) groups is 1. The van der Waals surface area contributed by atoms with E-state index in [1.807, 2.05) is 18.2 Å². The molecule has 1 aromatic carbocycles. The van der Waals surface area contributed by atoms with Crippen molar-refractivity contribution in [3.63, 3.8) is 0 Å². The number of aromatic nitrogens is 1. The van der Waals surface area contributed by atoms with Gasteiger partial charge in [-0.1, -0.05) is 18.2 Å². The van der Waals surface area contributed by atoms with Crippen LogP contribution in [-0.2, 0) is 11.3 Å². The molecule has 3 aromatic rings. The van der Waals surface area contributed by atoms with Gasteiger partial charge in [0.15, 0.2) is 5.58 Å². The van der Waals surface area contributed by atoms with Crippen LogP contribution < -0.4 is 11.1 Å². The summed E-state index contributed by atoms with van der Waals surface area (Å²) in [6.45, 7) is 3.07. The van der Waals surface area contributed by atoms with Gasteiger partial charge in [0.1, 0.15) is 0 Å². The van der Waals surface area contributed by atoms with Gasteiger partial charge in [0.25, 0.3) is 0 Å². The van der Waals surface area contributed by atoms with Crippen LogP contribution in [0.15, 0.2) is 51.0 Å². The second-order valence-electron chi connectivity index (χ2n) is 6.82. The third-order valence-corrected chi connectivity index (χ3v) is 6.06. The fourth-order valence-corrected chi connectivity index (χ4v) is 4.54. The Morgan fingerprint density at radius 3 is 2.78 bits per heavy atom. The Balaban J connectivity index is 1.37. The van der Waals surface area contributed by atoms with E-state index in [1.54, 1.807) is 17.4 Å². The third-order valence-electron chi connectivity index (χ3n) is 5.08. The molecule has 2 aromatic heterocycles. The zero-order chi connectivity index (χ0) is 18.6. The van der Waals surface area contributed by atoms with Crippen LogP contribution in [0, 0.1) is 0 Å². The maximum absolute atomic E-state index is 12.4. The van der Waals surface area contributed by atoms with E-state index >= 15 is 0 Å². The molecule has 0 bridgehead atoms. The molecule has 27 heavy (non-hydrogen) atoms. The summed E-state index contributed by atoms with van der Waals surface area (Å²) in [5.41, 5.74) is 1.28. The van der Waals surface area contributed by atoms with E-state index in [-0.39, 0.29) is 18.4 Å². The highest BCUT2D eigenvalue weighted by Crippen LogP contribution is 2.27. The molecule has 3 heterocycles. The summed E-state index contributed by atoms with van der Waals surface area (Å²) in [6.07, 6.45) is 2.68. The molecule has 1 atom stereocenters. The van der Waals surface area contributed by atoms with Crippen LogP contribution in [0.5, 0.6) is 0 Å². The summed E-state index contributed by atoms with van der Waals surface area (Å²) in [5.74, 6) is -0.467. The standard InChI is InChI=1S/C20H23N3O3S/c24-19(9-12-23-15-6-1-2-7-17(15)26-20(23)25)21-14-16(18-8-5-13-27-18)22-10-3-4-11-22/h1-2,5-8,13,16H,3-4,9-12,14H2,(H,21,24)/t16-/m1/s1. The zero-order valence-corrected chi connectivity index (χ0v) is 15.9. The molecule has 0 unspecified atom stereocenters. The van der Waals surface area contributed by atoms with Gasteiger partial charge in [-0.25, -0.2) is 4.79 Å². The number of fused-ring (bicyclic) bond motifs is 1. The fraction of sp³-hybridized carbons (Fsp3) is 0.400. The molecule has 4 rings (SSSR count). The number of rotatable bonds is 7. The number of benzene rings is 1. The predicted molar refractivity (Wildman–Crippen MR) is 106 cm³/mol. The summed E-state index contributed by atoms with van der Waals surface area (Å²) >= 11 is 1.73. The molecule has 7 heteroatoms. The summed E-state index contributed by atoms with van der Waals surface area (Å²) in [4.78, 5) is 28.1. The molecule has 0 spiro atoms.